The Morgan fingerprint density at radius 2 is 1.57 bits per heavy atom. The van der Waals surface area contributed by atoms with Crippen molar-refractivity contribution in [3.63, 3.8) is 0 Å². The predicted molar refractivity (Wildman–Crippen MR) is 105 cm³/mol. The molecule has 4 nitrogen and oxygen atoms in total. The van der Waals surface area contributed by atoms with Crippen LogP contribution in [-0.2, 0) is 15.6 Å². The van der Waals surface area contributed by atoms with E-state index >= 15 is 0 Å². The van der Waals surface area contributed by atoms with E-state index in [4.69, 9.17) is 4.42 Å². The highest BCUT2D eigenvalue weighted by molar-refractivity contribution is 8.49. The first-order chi connectivity index (χ1) is 13.8. The van der Waals surface area contributed by atoms with E-state index in [0.29, 0.717) is 12.1 Å². The van der Waals surface area contributed by atoms with E-state index in [1.54, 1.807) is 18.2 Å². The van der Waals surface area contributed by atoms with Crippen molar-refractivity contribution in [1.29, 1.82) is 0 Å². The van der Waals surface area contributed by atoms with Gasteiger partial charge < -0.3 is 4.42 Å². The molecular weight excluding hydrogens is 449 g/mol. The fourth-order valence-corrected chi connectivity index (χ4v) is 4.61. The Labute approximate surface area is 169 Å². The summed E-state index contributed by atoms with van der Waals surface area (Å²) in [7, 11) is -12.5. The van der Waals surface area contributed by atoms with Crippen LogP contribution in [0.25, 0.3) is 12.2 Å². The van der Waals surface area contributed by atoms with Crippen LogP contribution in [0.3, 0.4) is 0 Å². The van der Waals surface area contributed by atoms with Gasteiger partial charge in [0.1, 0.15) is 12.0 Å². The van der Waals surface area contributed by atoms with Crippen molar-refractivity contribution in [3.8, 4) is 0 Å². The summed E-state index contributed by atoms with van der Waals surface area (Å²) in [5.41, 5.74) is 0.406. The first-order valence-corrected chi connectivity index (χ1v) is 12.2. The fourth-order valence-electron chi connectivity index (χ4n) is 2.48. The third-order valence-corrected chi connectivity index (χ3v) is 7.47. The van der Waals surface area contributed by atoms with Crippen molar-refractivity contribution >= 4 is 31.8 Å². The predicted octanol–water partition coefficient (Wildman–Crippen LogP) is 6.52. The van der Waals surface area contributed by atoms with Gasteiger partial charge in [-0.3, -0.25) is 0 Å². The van der Waals surface area contributed by atoms with Gasteiger partial charge in [-0.25, -0.2) is 17.8 Å². The number of sulfone groups is 1. The van der Waals surface area contributed by atoms with Gasteiger partial charge in [-0.05, 0) is 35.9 Å². The first kappa shape index (κ1) is 22.0. The molecule has 3 rings (SSSR count). The second-order valence-corrected chi connectivity index (χ2v) is 11.7. The second-order valence-electron chi connectivity index (χ2n) is 6.50. The van der Waals surface area contributed by atoms with Gasteiger partial charge in [0.15, 0.2) is 9.84 Å². The summed E-state index contributed by atoms with van der Waals surface area (Å²) in [6.07, 6.45) is 3.82. The number of oxazole rings is 1. The molecule has 0 N–H and O–H groups in total. The van der Waals surface area contributed by atoms with Gasteiger partial charge in [0.25, 0.3) is 0 Å². The van der Waals surface area contributed by atoms with Gasteiger partial charge in [0.2, 0.25) is 21.7 Å². The Morgan fingerprint density at radius 3 is 2.17 bits per heavy atom. The monoisotopic (exact) mass is 465 g/mol. The average molecular weight is 465 g/mol. The molecule has 2 aromatic carbocycles. The molecule has 1 aromatic heterocycles. The molecular formula is C19H16F5NO3S2. The smallest absolute Gasteiger partial charge is 0.218 e. The number of halogens is 5. The largest absolute Gasteiger partial charge is 0.445 e. The number of alkyl halides is 1. The summed E-state index contributed by atoms with van der Waals surface area (Å²) in [5, 5.41) is 0. The lowest BCUT2D eigenvalue weighted by Gasteiger charge is -2.47. The molecule has 3 aromatic rings. The van der Waals surface area contributed by atoms with Gasteiger partial charge in [-0.15, -0.1) is 15.5 Å². The normalized spacial score (nSPS) is 15.1. The lowest BCUT2D eigenvalue weighted by molar-refractivity contribution is 0.395. The summed E-state index contributed by atoms with van der Waals surface area (Å²) in [6, 6.07) is 7.63. The second kappa shape index (κ2) is 6.95. The van der Waals surface area contributed by atoms with Crippen LogP contribution in [0.4, 0.5) is 19.9 Å². The highest BCUT2D eigenvalue weighted by atomic mass is 32.5. The van der Waals surface area contributed by atoms with E-state index in [9.17, 15) is 28.4 Å². The third-order valence-electron chi connectivity index (χ3n) is 4.05. The van der Waals surface area contributed by atoms with Crippen LogP contribution in [0, 0.1) is 0 Å². The van der Waals surface area contributed by atoms with Gasteiger partial charge >= 0.3 is 0 Å². The number of benzene rings is 2. The number of rotatable bonds is 7. The Morgan fingerprint density at radius 1 is 0.933 bits per heavy atom. The van der Waals surface area contributed by atoms with Crippen LogP contribution < -0.4 is 0 Å². The Balaban J connectivity index is 1.74. The minimum atomic E-state index is -8.91. The molecule has 0 aliphatic rings. The molecule has 1 heterocycles. The van der Waals surface area contributed by atoms with Crippen LogP contribution in [0.1, 0.15) is 17.1 Å². The summed E-state index contributed by atoms with van der Waals surface area (Å²) < 4.78 is 95.9. The Hall–Kier alpha value is -2.66. The molecule has 0 radical (unpaired) electrons. The molecule has 0 saturated carbocycles. The van der Waals surface area contributed by atoms with Crippen molar-refractivity contribution in [2.75, 3.05) is 6.01 Å². The van der Waals surface area contributed by atoms with Crippen molar-refractivity contribution in [3.05, 3.63) is 78.0 Å². The minimum Gasteiger partial charge on any atom is -0.445 e. The van der Waals surface area contributed by atoms with Gasteiger partial charge in [0.05, 0.1) is 15.5 Å². The average Bonchev–Trinajstić information content (AvgIpc) is 3.13. The number of nitrogens with zero attached hydrogens (tertiary/aromatic N) is 1. The molecule has 162 valence electrons. The molecule has 30 heavy (non-hydrogen) atoms. The molecule has 0 spiro atoms. The lowest BCUT2D eigenvalue weighted by Crippen LogP contribution is -2.15. The highest BCUT2D eigenvalue weighted by Crippen LogP contribution is 3.00. The van der Waals surface area contributed by atoms with E-state index in [0.717, 1.165) is 18.4 Å². The van der Waals surface area contributed by atoms with Crippen LogP contribution in [0.15, 0.2) is 75.1 Å². The number of hydrogen-bond donors (Lipinski definition) is 0. The Bertz CT molecular complexity index is 1180. The van der Waals surface area contributed by atoms with Crippen LogP contribution in [-0.4, -0.2) is 19.4 Å². The molecule has 0 fully saturated rings. The maximum Gasteiger partial charge on any atom is 0.218 e. The van der Waals surface area contributed by atoms with Crippen LogP contribution in [0.5, 0.6) is 0 Å². The van der Waals surface area contributed by atoms with Gasteiger partial charge in [-0.2, -0.15) is 0 Å². The topological polar surface area (TPSA) is 60.2 Å². The minimum absolute atomic E-state index is 0.0309. The summed E-state index contributed by atoms with van der Waals surface area (Å²) >= 11 is 0. The maximum atomic E-state index is 13.4. The summed E-state index contributed by atoms with van der Waals surface area (Å²) in [6.45, 7) is 0. The molecule has 0 atom stereocenters. The Kier molecular flexibility index (Phi) is 5.10. The van der Waals surface area contributed by atoms with E-state index < -0.39 is 30.6 Å². The number of aromatic nitrogens is 1. The third kappa shape index (κ3) is 4.90. The standard InChI is InChI=1S/C19H16F5NO3S2/c20-14-30(21,22,23,24)18-9-6-15(7-10-18)8-11-19-25-16(12-28-19)13-29(26,27)17-4-2-1-3-5-17/h1-12H,13-14H2/b11-8+. The SMILES string of the molecule is O=S(=O)(Cc1coc(/C=C/c2ccc(S(F)(F)(F)(F)CF)cc2)n1)c1ccccc1. The molecule has 11 heteroatoms. The van der Waals surface area contributed by atoms with Crippen molar-refractivity contribution in [2.45, 2.75) is 15.5 Å². The molecule has 0 aliphatic heterocycles. The lowest BCUT2D eigenvalue weighted by atomic mass is 10.2. The molecule has 0 bridgehead atoms. The van der Waals surface area contributed by atoms with Crippen LogP contribution >= 0.6 is 9.84 Å². The van der Waals surface area contributed by atoms with Gasteiger partial charge in [-0.1, -0.05) is 30.3 Å². The van der Waals surface area contributed by atoms with Gasteiger partial charge in [0, 0.05) is 6.08 Å². The van der Waals surface area contributed by atoms with E-state index in [1.807, 2.05) is 0 Å². The zero-order valence-corrected chi connectivity index (χ0v) is 16.9. The van der Waals surface area contributed by atoms with E-state index in [2.05, 4.69) is 4.98 Å². The maximum absolute atomic E-state index is 13.4. The summed E-state index contributed by atoms with van der Waals surface area (Å²) in [5.74, 6) is -0.358. The molecule has 0 aliphatic carbocycles. The number of hydrogen-bond acceptors (Lipinski definition) is 4. The molecule has 0 amide bonds. The quantitative estimate of drug-likeness (QED) is 0.373. The molecule has 0 saturated heterocycles. The zero-order chi connectivity index (χ0) is 22.1. The van der Waals surface area contributed by atoms with Crippen molar-refractivity contribution in [2.24, 2.45) is 0 Å². The first-order valence-electron chi connectivity index (χ1n) is 8.38. The fraction of sp³-hybridized carbons (Fsp3) is 0.105. The highest BCUT2D eigenvalue weighted by Gasteiger charge is 2.65. The van der Waals surface area contributed by atoms with Crippen LogP contribution in [0.2, 0.25) is 0 Å². The van der Waals surface area contributed by atoms with E-state index in [-0.39, 0.29) is 27.8 Å². The van der Waals surface area contributed by atoms with E-state index in [1.165, 1.54) is 24.3 Å². The zero-order valence-electron chi connectivity index (χ0n) is 15.2. The van der Waals surface area contributed by atoms with Crippen molar-refractivity contribution in [1.82, 2.24) is 4.98 Å². The molecule has 0 unspecified atom stereocenters. The summed E-state index contributed by atoms with van der Waals surface area (Å²) in [4.78, 5) is 2.49. The van der Waals surface area contributed by atoms with Crippen molar-refractivity contribution < 1.29 is 32.8 Å².